The number of methoxy groups -OCH3 is 1. The van der Waals surface area contributed by atoms with Crippen LogP contribution in [0, 0.1) is 5.82 Å². The van der Waals surface area contributed by atoms with Gasteiger partial charge in [-0.3, -0.25) is 0 Å². The van der Waals surface area contributed by atoms with E-state index >= 15 is 0 Å². The minimum absolute atomic E-state index is 0.275. The number of rotatable bonds is 1. The average molecular weight is 188 g/mol. The second-order valence-electron chi connectivity index (χ2n) is 2.10. The van der Waals surface area contributed by atoms with E-state index in [9.17, 15) is 4.39 Å². The molecule has 12 heavy (non-hydrogen) atoms. The molecule has 1 rings (SSSR count). The lowest BCUT2D eigenvalue weighted by molar-refractivity contribution is 0.406. The van der Waals surface area contributed by atoms with Crippen LogP contribution in [0.4, 0.5) is 4.39 Å². The van der Waals surface area contributed by atoms with Crippen molar-refractivity contribution in [2.45, 2.75) is 0 Å². The molecule has 0 unspecified atom stereocenters. The van der Waals surface area contributed by atoms with Gasteiger partial charge in [-0.1, -0.05) is 0 Å². The van der Waals surface area contributed by atoms with E-state index in [1.807, 2.05) is 0 Å². The fourth-order valence-corrected chi connectivity index (χ4v) is 0.960. The molecule has 0 radical (unpaired) electrons. The number of hydrogen-bond donors (Lipinski definition) is 0. The quantitative estimate of drug-likeness (QED) is 0.489. The molecule has 0 spiro atoms. The van der Waals surface area contributed by atoms with Crippen LogP contribution in [-0.2, 0) is 4.74 Å². The highest BCUT2D eigenvalue weighted by molar-refractivity contribution is 6.21. The maximum Gasteiger partial charge on any atom is 0.233 e. The van der Waals surface area contributed by atoms with Gasteiger partial charge >= 0.3 is 0 Å². The van der Waals surface area contributed by atoms with Crippen LogP contribution < -0.4 is 0 Å². The maximum absolute atomic E-state index is 12.4. The van der Waals surface area contributed by atoms with Gasteiger partial charge in [0.05, 0.1) is 7.11 Å². The van der Waals surface area contributed by atoms with E-state index in [0.717, 1.165) is 0 Å². The Kier molecular flexibility index (Phi) is 3.05. The van der Waals surface area contributed by atoms with Gasteiger partial charge in [-0.15, -0.1) is 4.51 Å². The van der Waals surface area contributed by atoms with Gasteiger partial charge in [0.15, 0.2) is 0 Å². The lowest BCUT2D eigenvalue weighted by atomic mass is 10.2. The Morgan fingerprint density at radius 1 is 1.42 bits per heavy atom. The summed E-state index contributed by atoms with van der Waals surface area (Å²) in [5.41, 5.74) is 0.647. The number of nitrogens with zero attached hydrogens (tertiary/aromatic N) is 1. The number of benzene rings is 1. The van der Waals surface area contributed by atoms with Crippen molar-refractivity contribution < 1.29 is 9.13 Å². The summed E-state index contributed by atoms with van der Waals surface area (Å²) >= 11 is 5.21. The predicted molar refractivity (Wildman–Crippen MR) is 45.8 cm³/mol. The summed E-state index contributed by atoms with van der Waals surface area (Å²) in [6, 6.07) is 5.72. The zero-order valence-corrected chi connectivity index (χ0v) is 7.18. The molecule has 64 valence electrons. The van der Waals surface area contributed by atoms with Gasteiger partial charge in [0, 0.05) is 17.3 Å². The number of hydrogen-bond acceptors (Lipinski definition) is 2. The maximum atomic E-state index is 12.4. The largest absolute Gasteiger partial charge is 0.480 e. The third-order valence-electron chi connectivity index (χ3n) is 1.36. The molecule has 0 aliphatic carbocycles. The van der Waals surface area contributed by atoms with Crippen LogP contribution in [0.5, 0.6) is 0 Å². The zero-order chi connectivity index (χ0) is 8.97. The van der Waals surface area contributed by atoms with Gasteiger partial charge < -0.3 is 4.74 Å². The first-order chi connectivity index (χ1) is 5.77. The lowest BCUT2D eigenvalue weighted by Gasteiger charge is -2.01. The molecule has 0 aromatic heterocycles. The summed E-state index contributed by atoms with van der Waals surface area (Å²) in [4.78, 5) is 0. The Hall–Kier alpha value is -1.09. The van der Waals surface area contributed by atoms with Crippen molar-refractivity contribution in [3.63, 3.8) is 0 Å². The Labute approximate surface area is 74.8 Å². The Morgan fingerprint density at radius 2 is 2.00 bits per heavy atom. The summed E-state index contributed by atoms with van der Waals surface area (Å²) in [6.07, 6.45) is 0. The first kappa shape index (κ1) is 9.00. The number of halogens is 2. The second kappa shape index (κ2) is 4.07. The van der Waals surface area contributed by atoms with E-state index in [1.54, 1.807) is 12.1 Å². The number of ether oxygens (including phenoxy) is 1. The van der Waals surface area contributed by atoms with Gasteiger partial charge in [-0.2, -0.15) is 0 Å². The van der Waals surface area contributed by atoms with Gasteiger partial charge in [0.1, 0.15) is 5.82 Å². The van der Waals surface area contributed by atoms with Crippen molar-refractivity contribution >= 4 is 17.7 Å². The molecule has 0 saturated heterocycles. The van der Waals surface area contributed by atoms with Crippen LogP contribution in [0.3, 0.4) is 0 Å². The van der Waals surface area contributed by atoms with Crippen molar-refractivity contribution in [1.29, 1.82) is 0 Å². The highest BCUT2D eigenvalue weighted by Gasteiger charge is 2.01. The summed E-state index contributed by atoms with van der Waals surface area (Å²) in [5.74, 6) is -0.0274. The van der Waals surface area contributed by atoms with E-state index in [1.165, 1.54) is 19.2 Å². The Morgan fingerprint density at radius 3 is 2.42 bits per heavy atom. The van der Waals surface area contributed by atoms with Gasteiger partial charge in [0.2, 0.25) is 5.90 Å². The topological polar surface area (TPSA) is 21.6 Å². The summed E-state index contributed by atoms with van der Waals surface area (Å²) < 4.78 is 20.6. The molecule has 0 aliphatic heterocycles. The molecule has 0 bridgehead atoms. The van der Waals surface area contributed by atoms with Crippen LogP contribution in [0.2, 0.25) is 0 Å². The van der Waals surface area contributed by atoms with Crippen molar-refractivity contribution in [2.24, 2.45) is 4.51 Å². The molecule has 0 saturated carbocycles. The summed E-state index contributed by atoms with van der Waals surface area (Å²) in [5, 5.41) is 0. The van der Waals surface area contributed by atoms with Crippen LogP contribution in [0.15, 0.2) is 28.8 Å². The highest BCUT2D eigenvalue weighted by Crippen LogP contribution is 2.05. The molecule has 0 atom stereocenters. The molecular formula is C8H7ClFNO. The first-order valence-electron chi connectivity index (χ1n) is 3.27. The fourth-order valence-electron chi connectivity index (χ4n) is 0.794. The lowest BCUT2D eigenvalue weighted by Crippen LogP contribution is -2.01. The first-order valence-corrected chi connectivity index (χ1v) is 3.60. The molecular weight excluding hydrogens is 181 g/mol. The normalized spacial score (nSPS) is 11.4. The van der Waals surface area contributed by atoms with E-state index < -0.39 is 0 Å². The van der Waals surface area contributed by atoms with Gasteiger partial charge in [0.25, 0.3) is 0 Å². The monoisotopic (exact) mass is 187 g/mol. The van der Waals surface area contributed by atoms with Gasteiger partial charge in [-0.25, -0.2) is 4.39 Å². The molecule has 0 heterocycles. The molecule has 2 nitrogen and oxygen atoms in total. The predicted octanol–water partition coefficient (Wildman–Crippen LogP) is 2.37. The smallest absolute Gasteiger partial charge is 0.233 e. The second-order valence-corrected chi connectivity index (χ2v) is 2.27. The van der Waals surface area contributed by atoms with Crippen LogP contribution in [0.25, 0.3) is 0 Å². The fraction of sp³-hybridized carbons (Fsp3) is 0.125. The minimum Gasteiger partial charge on any atom is -0.480 e. The third-order valence-corrected chi connectivity index (χ3v) is 1.51. The zero-order valence-electron chi connectivity index (χ0n) is 6.42. The molecule has 4 heteroatoms. The summed E-state index contributed by atoms with van der Waals surface area (Å²) in [6.45, 7) is 0. The van der Waals surface area contributed by atoms with Crippen molar-refractivity contribution in [3.8, 4) is 0 Å². The van der Waals surface area contributed by atoms with E-state index in [0.29, 0.717) is 5.56 Å². The molecule has 0 aliphatic rings. The Bertz CT molecular complexity index is 284. The van der Waals surface area contributed by atoms with Crippen LogP contribution in [0.1, 0.15) is 5.56 Å². The molecule has 0 amide bonds. The van der Waals surface area contributed by atoms with Crippen LogP contribution >= 0.6 is 11.8 Å². The van der Waals surface area contributed by atoms with E-state index in [4.69, 9.17) is 16.5 Å². The SMILES string of the molecule is COC(=NCl)c1ccc(F)cc1. The summed E-state index contributed by atoms with van der Waals surface area (Å²) in [7, 11) is 1.45. The van der Waals surface area contributed by atoms with Crippen LogP contribution in [-0.4, -0.2) is 13.0 Å². The minimum atomic E-state index is -0.302. The highest BCUT2D eigenvalue weighted by atomic mass is 35.5. The average Bonchev–Trinajstić information content (AvgIpc) is 2.10. The molecule has 1 aromatic rings. The third kappa shape index (κ3) is 1.95. The molecule has 0 fully saturated rings. The van der Waals surface area contributed by atoms with Crippen molar-refractivity contribution in [2.75, 3.05) is 7.11 Å². The van der Waals surface area contributed by atoms with Gasteiger partial charge in [-0.05, 0) is 24.3 Å². The Balaban J connectivity index is 2.96. The molecule has 0 N–H and O–H groups in total. The van der Waals surface area contributed by atoms with Crippen molar-refractivity contribution in [3.05, 3.63) is 35.6 Å². The standard InChI is InChI=1S/C8H7ClFNO/c1-12-8(11-9)6-2-4-7(10)5-3-6/h2-5H,1H3. The van der Waals surface area contributed by atoms with Crippen molar-refractivity contribution in [1.82, 2.24) is 0 Å². The van der Waals surface area contributed by atoms with E-state index in [-0.39, 0.29) is 11.7 Å². The molecule has 1 aromatic carbocycles. The van der Waals surface area contributed by atoms with E-state index in [2.05, 4.69) is 4.51 Å².